The predicted molar refractivity (Wildman–Crippen MR) is 266 cm³/mol. The summed E-state index contributed by atoms with van der Waals surface area (Å²) in [6.07, 6.45) is 6.65. The summed E-state index contributed by atoms with van der Waals surface area (Å²) in [4.78, 5) is 2.55. The van der Waals surface area contributed by atoms with Crippen molar-refractivity contribution in [1.82, 2.24) is 0 Å². The van der Waals surface area contributed by atoms with Gasteiger partial charge in [-0.2, -0.15) is 0 Å². The maximum absolute atomic E-state index is 6.54. The fourth-order valence-corrected chi connectivity index (χ4v) is 11.0. The summed E-state index contributed by atoms with van der Waals surface area (Å²) in [6, 6.07) is 72.2. The minimum Gasteiger partial charge on any atom is -0.456 e. The van der Waals surface area contributed by atoms with Crippen molar-refractivity contribution in [2.24, 2.45) is 0 Å². The molecule has 0 radical (unpaired) electrons. The van der Waals surface area contributed by atoms with Gasteiger partial charge in [-0.15, -0.1) is 0 Å². The Kier molecular flexibility index (Phi) is 8.97. The molecule has 0 bridgehead atoms. The lowest BCUT2D eigenvalue weighted by Gasteiger charge is -2.32. The molecule has 1 heterocycles. The third kappa shape index (κ3) is 6.30. The van der Waals surface area contributed by atoms with Crippen LogP contribution in [-0.2, 0) is 5.41 Å². The highest BCUT2D eigenvalue weighted by molar-refractivity contribution is 6.10. The van der Waals surface area contributed by atoms with Crippen molar-refractivity contribution in [3.05, 3.63) is 211 Å². The fraction of sp³-hybridized carbons (Fsp3) is 0.148. The van der Waals surface area contributed by atoms with E-state index >= 15 is 0 Å². The Balaban J connectivity index is 1.11. The van der Waals surface area contributed by atoms with Gasteiger partial charge in [-0.25, -0.2) is 0 Å². The second kappa shape index (κ2) is 15.0. The normalized spacial score (nSPS) is 14.6. The SMILES string of the molecule is CC1(C)c2ccccc2-c2ccc(N(c3ccc(-c4ccc(C5CCCCC5)cc4)cc3-c3ccccc3)c3c(-c4ccc5c(c4)oc4ccccc45)ccc4ccccc34)cc21. The molecule has 0 saturated heterocycles. The third-order valence-electron chi connectivity index (χ3n) is 14.3. The highest BCUT2D eigenvalue weighted by Gasteiger charge is 2.36. The molecule has 10 aromatic rings. The first-order valence-electron chi connectivity index (χ1n) is 22.8. The van der Waals surface area contributed by atoms with Gasteiger partial charge in [0.1, 0.15) is 11.2 Å². The summed E-state index contributed by atoms with van der Waals surface area (Å²) < 4.78 is 6.54. The van der Waals surface area contributed by atoms with E-state index in [4.69, 9.17) is 4.42 Å². The van der Waals surface area contributed by atoms with E-state index in [1.165, 1.54) is 92.9 Å². The van der Waals surface area contributed by atoms with Gasteiger partial charge in [0.15, 0.2) is 0 Å². The van der Waals surface area contributed by atoms with Crippen LogP contribution in [-0.4, -0.2) is 0 Å². The maximum atomic E-state index is 6.54. The van der Waals surface area contributed by atoms with Gasteiger partial charge in [0.05, 0.1) is 11.4 Å². The average molecular weight is 812 g/mol. The van der Waals surface area contributed by atoms with E-state index in [-0.39, 0.29) is 5.41 Å². The van der Waals surface area contributed by atoms with Crippen LogP contribution in [0, 0.1) is 0 Å². The monoisotopic (exact) mass is 811 g/mol. The number of hydrogen-bond acceptors (Lipinski definition) is 2. The fourth-order valence-electron chi connectivity index (χ4n) is 11.0. The van der Waals surface area contributed by atoms with Gasteiger partial charge in [0, 0.05) is 38.4 Å². The lowest BCUT2D eigenvalue weighted by atomic mass is 9.82. The molecule has 2 aliphatic carbocycles. The Morgan fingerprint density at radius 1 is 0.444 bits per heavy atom. The molecule has 0 spiro atoms. The van der Waals surface area contributed by atoms with Gasteiger partial charge in [-0.05, 0) is 117 Å². The first kappa shape index (κ1) is 37.6. The Bertz CT molecular complexity index is 3350. The smallest absolute Gasteiger partial charge is 0.136 e. The summed E-state index contributed by atoms with van der Waals surface area (Å²) in [5.74, 6) is 0.677. The second-order valence-electron chi connectivity index (χ2n) is 18.3. The zero-order valence-corrected chi connectivity index (χ0v) is 35.9. The lowest BCUT2D eigenvalue weighted by molar-refractivity contribution is 0.443. The highest BCUT2D eigenvalue weighted by atomic mass is 16.3. The molecule has 12 rings (SSSR count). The van der Waals surface area contributed by atoms with Gasteiger partial charge in [-0.3, -0.25) is 0 Å². The minimum atomic E-state index is -0.169. The van der Waals surface area contributed by atoms with Crippen LogP contribution in [0.1, 0.15) is 68.6 Å². The van der Waals surface area contributed by atoms with Crippen molar-refractivity contribution in [2.75, 3.05) is 4.90 Å². The van der Waals surface area contributed by atoms with Crippen LogP contribution in [0.4, 0.5) is 17.1 Å². The van der Waals surface area contributed by atoms with E-state index < -0.39 is 0 Å². The van der Waals surface area contributed by atoms with Gasteiger partial charge < -0.3 is 9.32 Å². The average Bonchev–Trinajstić information content (AvgIpc) is 3.83. The van der Waals surface area contributed by atoms with Crippen LogP contribution in [0.3, 0.4) is 0 Å². The van der Waals surface area contributed by atoms with Gasteiger partial charge in [0.25, 0.3) is 0 Å². The van der Waals surface area contributed by atoms with Gasteiger partial charge in [-0.1, -0.05) is 185 Å². The van der Waals surface area contributed by atoms with Crippen LogP contribution in [0.5, 0.6) is 0 Å². The van der Waals surface area contributed by atoms with E-state index in [1.807, 2.05) is 6.07 Å². The van der Waals surface area contributed by atoms with Crippen molar-refractivity contribution in [3.8, 4) is 44.5 Å². The minimum absolute atomic E-state index is 0.169. The number of fused-ring (bicyclic) bond motifs is 7. The number of benzene rings is 9. The topological polar surface area (TPSA) is 16.4 Å². The number of hydrogen-bond donors (Lipinski definition) is 0. The molecular weight excluding hydrogens is 763 g/mol. The first-order valence-corrected chi connectivity index (χ1v) is 22.8. The van der Waals surface area contributed by atoms with Crippen LogP contribution in [0.25, 0.3) is 77.2 Å². The van der Waals surface area contributed by atoms with Crippen molar-refractivity contribution in [3.63, 3.8) is 0 Å². The number of para-hydroxylation sites is 1. The molecule has 2 heteroatoms. The molecule has 1 saturated carbocycles. The van der Waals surface area contributed by atoms with Crippen LogP contribution in [0.2, 0.25) is 0 Å². The largest absolute Gasteiger partial charge is 0.456 e. The number of nitrogens with zero attached hydrogens (tertiary/aromatic N) is 1. The zero-order valence-electron chi connectivity index (χ0n) is 35.9. The third-order valence-corrected chi connectivity index (χ3v) is 14.3. The highest BCUT2D eigenvalue weighted by Crippen LogP contribution is 2.54. The van der Waals surface area contributed by atoms with E-state index in [0.29, 0.717) is 5.92 Å². The molecule has 63 heavy (non-hydrogen) atoms. The molecule has 0 aliphatic heterocycles. The zero-order chi connectivity index (χ0) is 42.1. The number of furan rings is 1. The van der Waals surface area contributed by atoms with Crippen molar-refractivity contribution < 1.29 is 4.42 Å². The van der Waals surface area contributed by atoms with Crippen molar-refractivity contribution >= 4 is 49.8 Å². The lowest BCUT2D eigenvalue weighted by Crippen LogP contribution is -2.17. The first-order chi connectivity index (χ1) is 31.0. The quantitative estimate of drug-likeness (QED) is 0.159. The second-order valence-corrected chi connectivity index (χ2v) is 18.3. The molecule has 304 valence electrons. The van der Waals surface area contributed by atoms with Crippen molar-refractivity contribution in [1.29, 1.82) is 0 Å². The summed E-state index contributed by atoms with van der Waals surface area (Å²) >= 11 is 0. The molecular formula is C61H49NO. The molecule has 0 amide bonds. The predicted octanol–water partition coefficient (Wildman–Crippen LogP) is 17.6. The standard InChI is InChI=1S/C61H49NO/c1-61(2)55-23-13-11-21-50(55)51-35-32-47(39-56(51)61)62(57-36-31-45(37-54(57)43-17-7-4-8-18-43)42-27-25-41(26-28-42)40-15-5-3-6-16-40)60-48-20-10-9-19-44(48)29-33-49(60)46-30-34-53-52-22-12-14-24-58(52)63-59(53)38-46/h4,7-14,17-40H,3,5-6,15-16H2,1-2H3. The number of anilines is 3. The molecule has 1 fully saturated rings. The van der Waals surface area contributed by atoms with Crippen LogP contribution in [0.15, 0.2) is 199 Å². The Morgan fingerprint density at radius 3 is 1.98 bits per heavy atom. The molecule has 9 aromatic carbocycles. The van der Waals surface area contributed by atoms with Crippen molar-refractivity contribution in [2.45, 2.75) is 57.3 Å². The summed E-state index contributed by atoms with van der Waals surface area (Å²) in [7, 11) is 0. The molecule has 2 nitrogen and oxygen atoms in total. The summed E-state index contributed by atoms with van der Waals surface area (Å²) in [5, 5.41) is 4.64. The molecule has 2 aliphatic rings. The summed E-state index contributed by atoms with van der Waals surface area (Å²) in [5.41, 5.74) is 18.9. The molecule has 0 atom stereocenters. The van der Waals surface area contributed by atoms with E-state index in [0.717, 1.165) is 50.1 Å². The summed E-state index contributed by atoms with van der Waals surface area (Å²) in [6.45, 7) is 4.75. The number of rotatable bonds is 7. The Labute approximate surface area is 370 Å². The van der Waals surface area contributed by atoms with E-state index in [9.17, 15) is 0 Å². The molecule has 1 aromatic heterocycles. The Morgan fingerprint density at radius 2 is 1.13 bits per heavy atom. The molecule has 0 unspecified atom stereocenters. The van der Waals surface area contributed by atoms with E-state index in [1.54, 1.807) is 0 Å². The molecule has 0 N–H and O–H groups in total. The Hall–Kier alpha value is -7.16. The van der Waals surface area contributed by atoms with Crippen LogP contribution >= 0.6 is 0 Å². The maximum Gasteiger partial charge on any atom is 0.136 e. The van der Waals surface area contributed by atoms with Gasteiger partial charge >= 0.3 is 0 Å². The van der Waals surface area contributed by atoms with E-state index in [2.05, 4.69) is 207 Å². The van der Waals surface area contributed by atoms with Crippen LogP contribution < -0.4 is 4.90 Å². The van der Waals surface area contributed by atoms with Gasteiger partial charge in [0.2, 0.25) is 0 Å².